The van der Waals surface area contributed by atoms with Gasteiger partial charge in [-0.1, -0.05) is 0 Å². The van der Waals surface area contributed by atoms with Crippen LogP contribution in [0.15, 0.2) is 36.8 Å². The second-order valence-electron chi connectivity index (χ2n) is 3.43. The molecule has 0 radical (unpaired) electrons. The standard InChI is InChI=1S/C11H11N5O/c12-8-3-7(4-9(13)5-8)11(17)16-10-6-14-1-2-15-10/h1-6H,12-13H2,(H,15,16,17). The van der Waals surface area contributed by atoms with Gasteiger partial charge < -0.3 is 16.8 Å². The number of nitrogens with one attached hydrogen (secondary N) is 1. The quantitative estimate of drug-likeness (QED) is 0.663. The normalized spacial score (nSPS) is 9.88. The van der Waals surface area contributed by atoms with Crippen molar-refractivity contribution in [2.75, 3.05) is 16.8 Å². The van der Waals surface area contributed by atoms with Crippen LogP contribution < -0.4 is 16.8 Å². The van der Waals surface area contributed by atoms with Crippen molar-refractivity contribution in [3.05, 3.63) is 42.4 Å². The first-order valence-corrected chi connectivity index (χ1v) is 4.88. The third kappa shape index (κ3) is 2.69. The van der Waals surface area contributed by atoms with Gasteiger partial charge in [-0.05, 0) is 18.2 Å². The van der Waals surface area contributed by atoms with E-state index in [-0.39, 0.29) is 5.91 Å². The lowest BCUT2D eigenvalue weighted by molar-refractivity contribution is 0.102. The number of amides is 1. The Balaban J connectivity index is 2.20. The van der Waals surface area contributed by atoms with Crippen LogP contribution in [-0.2, 0) is 0 Å². The number of nitrogens with zero attached hydrogens (tertiary/aromatic N) is 2. The van der Waals surface area contributed by atoms with E-state index in [0.717, 1.165) is 0 Å². The van der Waals surface area contributed by atoms with Gasteiger partial charge in [0.1, 0.15) is 0 Å². The average molecular weight is 229 g/mol. The minimum atomic E-state index is -0.329. The van der Waals surface area contributed by atoms with E-state index in [1.165, 1.54) is 18.6 Å². The van der Waals surface area contributed by atoms with Crippen molar-refractivity contribution < 1.29 is 4.79 Å². The summed E-state index contributed by atoms with van der Waals surface area (Å²) in [5, 5.41) is 2.59. The Morgan fingerprint density at radius 2 is 1.82 bits per heavy atom. The number of carbonyl (C=O) groups is 1. The fourth-order valence-electron chi connectivity index (χ4n) is 1.36. The fourth-order valence-corrected chi connectivity index (χ4v) is 1.36. The Kier molecular flexibility index (Phi) is 2.87. The van der Waals surface area contributed by atoms with Gasteiger partial charge in [0, 0.05) is 29.3 Å². The predicted octanol–water partition coefficient (Wildman–Crippen LogP) is 0.893. The van der Waals surface area contributed by atoms with E-state index in [4.69, 9.17) is 11.5 Å². The zero-order chi connectivity index (χ0) is 12.3. The molecule has 5 N–H and O–H groups in total. The molecule has 86 valence electrons. The van der Waals surface area contributed by atoms with Gasteiger partial charge in [-0.15, -0.1) is 0 Å². The number of nitrogens with two attached hydrogens (primary N) is 2. The SMILES string of the molecule is Nc1cc(N)cc(C(=O)Nc2cnccn2)c1. The summed E-state index contributed by atoms with van der Waals surface area (Å²) in [5.74, 6) is 0.0444. The Morgan fingerprint density at radius 3 is 2.41 bits per heavy atom. The van der Waals surface area contributed by atoms with Gasteiger partial charge in [-0.2, -0.15) is 0 Å². The van der Waals surface area contributed by atoms with E-state index in [9.17, 15) is 4.79 Å². The van der Waals surface area contributed by atoms with Crippen molar-refractivity contribution in [2.24, 2.45) is 0 Å². The van der Waals surface area contributed by atoms with Crippen LogP contribution in [0.25, 0.3) is 0 Å². The van der Waals surface area contributed by atoms with Crippen LogP contribution in [0.3, 0.4) is 0 Å². The van der Waals surface area contributed by atoms with Gasteiger partial charge >= 0.3 is 0 Å². The third-order valence-electron chi connectivity index (χ3n) is 2.04. The smallest absolute Gasteiger partial charge is 0.257 e. The molecule has 0 bridgehead atoms. The van der Waals surface area contributed by atoms with Crippen LogP contribution in [0.1, 0.15) is 10.4 Å². The molecule has 1 aromatic heterocycles. The van der Waals surface area contributed by atoms with Crippen LogP contribution in [0, 0.1) is 0 Å². The van der Waals surface area contributed by atoms with E-state index in [1.54, 1.807) is 18.2 Å². The lowest BCUT2D eigenvalue weighted by Crippen LogP contribution is -2.13. The van der Waals surface area contributed by atoms with Gasteiger partial charge in [0.2, 0.25) is 0 Å². The van der Waals surface area contributed by atoms with Crippen molar-refractivity contribution >= 4 is 23.1 Å². The highest BCUT2D eigenvalue weighted by Gasteiger charge is 2.08. The zero-order valence-electron chi connectivity index (χ0n) is 8.92. The molecule has 0 aliphatic carbocycles. The summed E-state index contributed by atoms with van der Waals surface area (Å²) in [6.45, 7) is 0. The first kappa shape index (κ1) is 10.9. The summed E-state index contributed by atoms with van der Waals surface area (Å²) in [7, 11) is 0. The number of nitrogen functional groups attached to an aromatic ring is 2. The van der Waals surface area contributed by atoms with Crippen molar-refractivity contribution in [1.29, 1.82) is 0 Å². The molecule has 0 aliphatic heterocycles. The second-order valence-corrected chi connectivity index (χ2v) is 3.43. The molecule has 0 aliphatic rings. The lowest BCUT2D eigenvalue weighted by atomic mass is 10.1. The highest BCUT2D eigenvalue weighted by atomic mass is 16.1. The molecule has 1 aromatic carbocycles. The molecular weight excluding hydrogens is 218 g/mol. The number of hydrogen-bond acceptors (Lipinski definition) is 5. The zero-order valence-corrected chi connectivity index (χ0v) is 8.92. The second kappa shape index (κ2) is 4.48. The van der Waals surface area contributed by atoms with Crippen LogP contribution in [0.5, 0.6) is 0 Å². The van der Waals surface area contributed by atoms with E-state index < -0.39 is 0 Å². The highest BCUT2D eigenvalue weighted by Crippen LogP contribution is 2.14. The number of aromatic nitrogens is 2. The monoisotopic (exact) mass is 229 g/mol. The first-order valence-electron chi connectivity index (χ1n) is 4.88. The van der Waals surface area contributed by atoms with Gasteiger partial charge in [0.05, 0.1) is 6.20 Å². The van der Waals surface area contributed by atoms with Crippen molar-refractivity contribution in [3.8, 4) is 0 Å². The Hall–Kier alpha value is -2.63. The van der Waals surface area contributed by atoms with E-state index >= 15 is 0 Å². The van der Waals surface area contributed by atoms with Gasteiger partial charge in [-0.25, -0.2) is 4.98 Å². The molecule has 1 amide bonds. The number of carbonyl (C=O) groups excluding carboxylic acids is 1. The molecule has 0 fully saturated rings. The summed E-state index contributed by atoms with van der Waals surface area (Å²) < 4.78 is 0. The van der Waals surface area contributed by atoms with Crippen molar-refractivity contribution in [2.45, 2.75) is 0 Å². The molecule has 2 rings (SSSR count). The Morgan fingerprint density at radius 1 is 1.12 bits per heavy atom. The molecule has 0 saturated carbocycles. The average Bonchev–Trinajstić information content (AvgIpc) is 2.29. The van der Waals surface area contributed by atoms with Crippen LogP contribution >= 0.6 is 0 Å². The lowest BCUT2D eigenvalue weighted by Gasteiger charge is -2.05. The summed E-state index contributed by atoms with van der Waals surface area (Å²) in [6.07, 6.45) is 4.46. The van der Waals surface area contributed by atoms with Crippen molar-refractivity contribution in [3.63, 3.8) is 0 Å². The summed E-state index contributed by atoms with van der Waals surface area (Å²) in [5.41, 5.74) is 12.5. The molecule has 6 heteroatoms. The summed E-state index contributed by atoms with van der Waals surface area (Å²) in [4.78, 5) is 19.6. The maximum Gasteiger partial charge on any atom is 0.257 e. The Labute approximate surface area is 97.7 Å². The molecule has 6 nitrogen and oxygen atoms in total. The molecule has 0 unspecified atom stereocenters. The minimum Gasteiger partial charge on any atom is -0.399 e. The van der Waals surface area contributed by atoms with Gasteiger partial charge in [-0.3, -0.25) is 9.78 Å². The molecule has 0 saturated heterocycles. The Bertz CT molecular complexity index is 521. The predicted molar refractivity (Wildman–Crippen MR) is 65.3 cm³/mol. The van der Waals surface area contributed by atoms with Gasteiger partial charge in [0.25, 0.3) is 5.91 Å². The minimum absolute atomic E-state index is 0.329. The maximum absolute atomic E-state index is 11.8. The number of hydrogen-bond donors (Lipinski definition) is 3. The highest BCUT2D eigenvalue weighted by molar-refractivity contribution is 6.04. The molecular formula is C11H11N5O. The molecule has 0 spiro atoms. The van der Waals surface area contributed by atoms with Crippen LogP contribution in [-0.4, -0.2) is 15.9 Å². The molecule has 0 atom stereocenters. The largest absolute Gasteiger partial charge is 0.399 e. The van der Waals surface area contributed by atoms with Crippen LogP contribution in [0.4, 0.5) is 17.2 Å². The topological polar surface area (TPSA) is 107 Å². The number of benzene rings is 1. The summed E-state index contributed by atoms with van der Waals surface area (Å²) in [6, 6.07) is 4.67. The molecule has 2 aromatic rings. The third-order valence-corrected chi connectivity index (χ3v) is 2.04. The first-order chi connectivity index (χ1) is 8.15. The summed E-state index contributed by atoms with van der Waals surface area (Å²) >= 11 is 0. The maximum atomic E-state index is 11.8. The fraction of sp³-hybridized carbons (Fsp3) is 0. The molecule has 17 heavy (non-hydrogen) atoms. The van der Waals surface area contributed by atoms with E-state index in [2.05, 4.69) is 15.3 Å². The number of anilines is 3. The van der Waals surface area contributed by atoms with E-state index in [1.807, 2.05) is 0 Å². The van der Waals surface area contributed by atoms with Crippen LogP contribution in [0.2, 0.25) is 0 Å². The number of rotatable bonds is 2. The molecule has 1 heterocycles. The van der Waals surface area contributed by atoms with E-state index in [0.29, 0.717) is 22.8 Å². The van der Waals surface area contributed by atoms with Gasteiger partial charge in [0.15, 0.2) is 5.82 Å². The van der Waals surface area contributed by atoms with Crippen molar-refractivity contribution in [1.82, 2.24) is 9.97 Å².